The standard InChI is InChI=1S/C22H22N2O5/c1-24-19(26)16-17(20(24)27)22(21(28)29-2,12-13-6-4-3-5-7-13)23-18(16)14-8-10-15(25)11-9-14/h3-11,16-18,23,25H,12H2,1-2H3/t16-,17-,18-,22-/m1/s1. The summed E-state index contributed by atoms with van der Waals surface area (Å²) in [5.41, 5.74) is 0.194. The number of carbonyl (C=O) groups is 3. The quantitative estimate of drug-likeness (QED) is 0.602. The molecule has 2 aliphatic rings. The fourth-order valence-corrected chi connectivity index (χ4v) is 4.64. The Kier molecular flexibility index (Phi) is 4.62. The lowest BCUT2D eigenvalue weighted by Crippen LogP contribution is -2.57. The van der Waals surface area contributed by atoms with Crippen LogP contribution < -0.4 is 5.32 Å². The van der Waals surface area contributed by atoms with Crippen LogP contribution in [0.5, 0.6) is 5.75 Å². The molecule has 2 saturated heterocycles. The van der Waals surface area contributed by atoms with Crippen LogP contribution in [0.4, 0.5) is 0 Å². The second kappa shape index (κ2) is 7.00. The topological polar surface area (TPSA) is 95.9 Å². The number of esters is 1. The molecule has 2 amide bonds. The number of nitrogens with zero attached hydrogens (tertiary/aromatic N) is 1. The number of methoxy groups -OCH3 is 1. The minimum Gasteiger partial charge on any atom is -0.508 e. The maximum atomic E-state index is 13.1. The van der Waals surface area contributed by atoms with E-state index in [2.05, 4.69) is 5.32 Å². The van der Waals surface area contributed by atoms with Crippen LogP contribution in [0.15, 0.2) is 54.6 Å². The van der Waals surface area contributed by atoms with E-state index in [9.17, 15) is 19.5 Å². The molecular weight excluding hydrogens is 372 g/mol. The van der Waals surface area contributed by atoms with Gasteiger partial charge in [0, 0.05) is 19.5 Å². The predicted molar refractivity (Wildman–Crippen MR) is 104 cm³/mol. The molecule has 4 atom stereocenters. The molecule has 2 heterocycles. The Morgan fingerprint density at radius 3 is 2.38 bits per heavy atom. The molecule has 0 unspecified atom stereocenters. The second-order valence-corrected chi connectivity index (χ2v) is 7.58. The van der Waals surface area contributed by atoms with Crippen LogP contribution in [0.3, 0.4) is 0 Å². The van der Waals surface area contributed by atoms with Crippen molar-refractivity contribution in [3.8, 4) is 5.75 Å². The third-order valence-corrected chi connectivity index (χ3v) is 6.00. The monoisotopic (exact) mass is 394 g/mol. The summed E-state index contributed by atoms with van der Waals surface area (Å²) in [7, 11) is 2.73. The number of nitrogens with one attached hydrogen (secondary N) is 1. The molecule has 2 fully saturated rings. The SMILES string of the molecule is COC(=O)[C@]1(Cc2ccccc2)N[C@H](c2ccc(O)cc2)[C@@H]2C(=O)N(C)C(=O)[C@@H]21. The van der Waals surface area contributed by atoms with Gasteiger partial charge in [0.05, 0.1) is 18.9 Å². The highest BCUT2D eigenvalue weighted by molar-refractivity contribution is 6.09. The minimum atomic E-state index is -1.37. The molecule has 0 saturated carbocycles. The van der Waals surface area contributed by atoms with Gasteiger partial charge < -0.3 is 9.84 Å². The van der Waals surface area contributed by atoms with Crippen LogP contribution in [0.1, 0.15) is 17.2 Å². The molecule has 150 valence electrons. The number of hydrogen-bond acceptors (Lipinski definition) is 6. The highest BCUT2D eigenvalue weighted by Crippen LogP contribution is 2.50. The molecule has 2 aliphatic heterocycles. The lowest BCUT2D eigenvalue weighted by molar-refractivity contribution is -0.153. The highest BCUT2D eigenvalue weighted by Gasteiger charge is 2.68. The number of carbonyl (C=O) groups excluding carboxylic acids is 3. The average Bonchev–Trinajstić information content (AvgIpc) is 3.19. The van der Waals surface area contributed by atoms with Crippen molar-refractivity contribution >= 4 is 17.8 Å². The van der Waals surface area contributed by atoms with Gasteiger partial charge in [-0.05, 0) is 23.3 Å². The number of benzene rings is 2. The zero-order valence-corrected chi connectivity index (χ0v) is 16.2. The summed E-state index contributed by atoms with van der Waals surface area (Å²) < 4.78 is 5.12. The van der Waals surface area contributed by atoms with E-state index in [4.69, 9.17) is 4.74 Å². The summed E-state index contributed by atoms with van der Waals surface area (Å²) >= 11 is 0. The number of likely N-dealkylation sites (tertiary alicyclic amines) is 1. The van der Waals surface area contributed by atoms with E-state index < -0.39 is 35.3 Å². The van der Waals surface area contributed by atoms with Crippen LogP contribution >= 0.6 is 0 Å². The molecule has 7 heteroatoms. The lowest BCUT2D eigenvalue weighted by atomic mass is 9.76. The van der Waals surface area contributed by atoms with Crippen LogP contribution in [0.25, 0.3) is 0 Å². The Hall–Kier alpha value is -3.19. The van der Waals surface area contributed by atoms with Gasteiger partial charge in [-0.3, -0.25) is 24.6 Å². The molecule has 2 N–H and O–H groups in total. The summed E-state index contributed by atoms with van der Waals surface area (Å²) in [6.45, 7) is 0. The first-order valence-corrected chi connectivity index (χ1v) is 9.39. The van der Waals surface area contributed by atoms with Crippen molar-refractivity contribution in [2.75, 3.05) is 14.2 Å². The Morgan fingerprint density at radius 2 is 1.76 bits per heavy atom. The molecule has 29 heavy (non-hydrogen) atoms. The van der Waals surface area contributed by atoms with E-state index in [1.807, 2.05) is 30.3 Å². The van der Waals surface area contributed by atoms with E-state index in [1.165, 1.54) is 26.3 Å². The zero-order valence-electron chi connectivity index (χ0n) is 16.2. The third-order valence-electron chi connectivity index (χ3n) is 6.00. The van der Waals surface area contributed by atoms with Crippen LogP contribution in [-0.4, -0.2) is 47.5 Å². The van der Waals surface area contributed by atoms with E-state index >= 15 is 0 Å². The minimum absolute atomic E-state index is 0.0951. The largest absolute Gasteiger partial charge is 0.508 e. The fraction of sp³-hybridized carbons (Fsp3) is 0.318. The maximum absolute atomic E-state index is 13.1. The Balaban J connectivity index is 1.85. The average molecular weight is 394 g/mol. The molecule has 0 aromatic heterocycles. The number of ether oxygens (including phenoxy) is 1. The van der Waals surface area contributed by atoms with Crippen LogP contribution in [0.2, 0.25) is 0 Å². The fourth-order valence-electron chi connectivity index (χ4n) is 4.64. The number of phenols is 1. The Morgan fingerprint density at radius 1 is 1.10 bits per heavy atom. The summed E-state index contributed by atoms with van der Waals surface area (Å²) in [6, 6.07) is 15.2. The van der Waals surface area contributed by atoms with E-state index in [0.29, 0.717) is 5.56 Å². The van der Waals surface area contributed by atoms with Crippen molar-refractivity contribution in [1.29, 1.82) is 0 Å². The molecule has 0 radical (unpaired) electrons. The third kappa shape index (κ3) is 2.89. The normalized spacial score (nSPS) is 28.5. The van der Waals surface area contributed by atoms with E-state index in [1.54, 1.807) is 12.1 Å². The van der Waals surface area contributed by atoms with Crippen molar-refractivity contribution in [2.24, 2.45) is 11.8 Å². The van der Waals surface area contributed by atoms with Gasteiger partial charge in [-0.1, -0.05) is 42.5 Å². The summed E-state index contributed by atoms with van der Waals surface area (Å²) in [6.07, 6.45) is 0.211. The molecule has 7 nitrogen and oxygen atoms in total. The first kappa shape index (κ1) is 19.1. The lowest BCUT2D eigenvalue weighted by Gasteiger charge is -2.32. The second-order valence-electron chi connectivity index (χ2n) is 7.58. The van der Waals surface area contributed by atoms with E-state index in [-0.39, 0.29) is 18.1 Å². The van der Waals surface area contributed by atoms with Crippen molar-refractivity contribution in [3.63, 3.8) is 0 Å². The molecule has 0 spiro atoms. The van der Waals surface area contributed by atoms with Crippen LogP contribution in [-0.2, 0) is 25.5 Å². The van der Waals surface area contributed by atoms with Gasteiger partial charge in [-0.15, -0.1) is 0 Å². The maximum Gasteiger partial charge on any atom is 0.327 e. The smallest absolute Gasteiger partial charge is 0.327 e. The molecule has 0 aliphatic carbocycles. The summed E-state index contributed by atoms with van der Waals surface area (Å²) in [5.74, 6) is -2.82. The van der Waals surface area contributed by atoms with E-state index in [0.717, 1.165) is 10.5 Å². The predicted octanol–water partition coefficient (Wildman–Crippen LogP) is 1.42. The zero-order chi connectivity index (χ0) is 20.8. The summed E-state index contributed by atoms with van der Waals surface area (Å²) in [4.78, 5) is 40.2. The molecule has 2 aromatic carbocycles. The van der Waals surface area contributed by atoms with Gasteiger partial charge in [0.15, 0.2) is 0 Å². The highest BCUT2D eigenvalue weighted by atomic mass is 16.5. The van der Waals surface area contributed by atoms with Gasteiger partial charge in [0.2, 0.25) is 11.8 Å². The van der Waals surface area contributed by atoms with Crippen molar-refractivity contribution in [3.05, 3.63) is 65.7 Å². The number of phenolic OH excluding ortho intramolecular Hbond substituents is 1. The number of rotatable bonds is 4. The molecule has 2 aromatic rings. The number of aromatic hydroxyl groups is 1. The number of amides is 2. The Labute approximate surface area is 168 Å². The molecular formula is C22H22N2O5. The van der Waals surface area contributed by atoms with Gasteiger partial charge in [-0.2, -0.15) is 0 Å². The molecule has 0 bridgehead atoms. The number of fused-ring (bicyclic) bond motifs is 1. The van der Waals surface area contributed by atoms with Crippen molar-refractivity contribution in [2.45, 2.75) is 18.0 Å². The Bertz CT molecular complexity index is 959. The van der Waals surface area contributed by atoms with Gasteiger partial charge >= 0.3 is 5.97 Å². The van der Waals surface area contributed by atoms with Crippen molar-refractivity contribution < 1.29 is 24.2 Å². The van der Waals surface area contributed by atoms with Gasteiger partial charge in [0.1, 0.15) is 11.3 Å². The van der Waals surface area contributed by atoms with Crippen molar-refractivity contribution in [1.82, 2.24) is 10.2 Å². The first-order valence-electron chi connectivity index (χ1n) is 9.39. The molecule has 4 rings (SSSR count). The number of hydrogen-bond donors (Lipinski definition) is 2. The first-order chi connectivity index (χ1) is 13.9. The van der Waals surface area contributed by atoms with Gasteiger partial charge in [0.25, 0.3) is 0 Å². The van der Waals surface area contributed by atoms with Gasteiger partial charge in [-0.25, -0.2) is 0 Å². The van der Waals surface area contributed by atoms with Crippen LogP contribution in [0, 0.1) is 11.8 Å². The summed E-state index contributed by atoms with van der Waals surface area (Å²) in [5, 5.41) is 12.9. The number of imide groups is 1.